The number of fused-ring (bicyclic) bond motifs is 1. The van der Waals surface area contributed by atoms with Crippen molar-refractivity contribution in [3.63, 3.8) is 0 Å². The van der Waals surface area contributed by atoms with Gasteiger partial charge in [-0.3, -0.25) is 0 Å². The Kier molecular flexibility index (Phi) is 3.89. The van der Waals surface area contributed by atoms with Crippen LogP contribution in [0.4, 0.5) is 11.4 Å². The fraction of sp³-hybridized carbons (Fsp3) is 0.111. The zero-order chi connectivity index (χ0) is 14.7. The molecule has 1 aliphatic rings. The van der Waals surface area contributed by atoms with Gasteiger partial charge < -0.3 is 11.1 Å². The molecule has 3 N–H and O–H groups in total. The zero-order valence-corrected chi connectivity index (χ0v) is 12.6. The van der Waals surface area contributed by atoms with E-state index in [4.69, 9.17) is 5.73 Å². The first kappa shape index (κ1) is 13.7. The average Bonchev–Trinajstić information content (AvgIpc) is 2.87. The monoisotopic (exact) mass is 292 g/mol. The highest BCUT2D eigenvalue weighted by Crippen LogP contribution is 2.39. The molecule has 1 aliphatic heterocycles. The van der Waals surface area contributed by atoms with Crippen molar-refractivity contribution in [2.75, 3.05) is 11.1 Å². The number of hydrogen-bond acceptors (Lipinski definition) is 3. The number of nitrogens with one attached hydrogen (secondary N) is 1. The molecule has 2 nitrogen and oxygen atoms in total. The number of anilines is 2. The van der Waals surface area contributed by atoms with Gasteiger partial charge in [-0.2, -0.15) is 0 Å². The molecule has 0 aromatic heterocycles. The van der Waals surface area contributed by atoms with Crippen LogP contribution >= 0.6 is 11.8 Å². The van der Waals surface area contributed by atoms with Gasteiger partial charge in [0.25, 0.3) is 0 Å². The molecule has 0 spiro atoms. The Labute approximate surface area is 129 Å². The summed E-state index contributed by atoms with van der Waals surface area (Å²) in [5, 5.41) is 3.71. The van der Waals surface area contributed by atoms with Gasteiger partial charge in [-0.25, -0.2) is 0 Å². The summed E-state index contributed by atoms with van der Waals surface area (Å²) in [5.41, 5.74) is 9.86. The van der Waals surface area contributed by atoms with E-state index in [-0.39, 0.29) is 5.37 Å². The molecule has 3 rings (SSSR count). The van der Waals surface area contributed by atoms with E-state index in [9.17, 15) is 0 Å². The van der Waals surface area contributed by atoms with Crippen LogP contribution in [-0.2, 0) is 0 Å². The SMILES string of the molecule is Cc1ccc2c(c1)SC(/C=C/C#Cc1ccc(N)cc1)N2. The maximum absolute atomic E-state index is 5.64. The van der Waals surface area contributed by atoms with Gasteiger partial charge in [0.2, 0.25) is 0 Å². The molecule has 0 saturated heterocycles. The lowest BCUT2D eigenvalue weighted by molar-refractivity contribution is 1.27. The zero-order valence-electron chi connectivity index (χ0n) is 11.8. The van der Waals surface area contributed by atoms with E-state index in [0.717, 1.165) is 11.3 Å². The predicted octanol–water partition coefficient (Wildman–Crippen LogP) is 4.03. The van der Waals surface area contributed by atoms with Crippen LogP contribution in [0.3, 0.4) is 0 Å². The number of nitrogens with two attached hydrogens (primary N) is 1. The van der Waals surface area contributed by atoms with Crippen molar-refractivity contribution in [3.8, 4) is 11.8 Å². The Morgan fingerprint density at radius 2 is 2.00 bits per heavy atom. The van der Waals surface area contributed by atoms with E-state index in [1.54, 1.807) is 0 Å². The van der Waals surface area contributed by atoms with E-state index in [1.807, 2.05) is 42.1 Å². The first-order valence-electron chi connectivity index (χ1n) is 6.78. The Balaban J connectivity index is 1.63. The largest absolute Gasteiger partial charge is 0.399 e. The summed E-state index contributed by atoms with van der Waals surface area (Å²) in [5.74, 6) is 6.16. The van der Waals surface area contributed by atoms with Gasteiger partial charge in [-0.1, -0.05) is 29.7 Å². The molecule has 1 unspecified atom stereocenters. The van der Waals surface area contributed by atoms with Gasteiger partial charge in [0, 0.05) is 21.8 Å². The van der Waals surface area contributed by atoms with Crippen molar-refractivity contribution in [3.05, 3.63) is 65.7 Å². The molecule has 2 aromatic carbocycles. The number of allylic oxidation sites excluding steroid dienone is 1. The lowest BCUT2D eigenvalue weighted by Gasteiger charge is -2.02. The molecular weight excluding hydrogens is 276 g/mol. The lowest BCUT2D eigenvalue weighted by Crippen LogP contribution is -2.05. The van der Waals surface area contributed by atoms with E-state index >= 15 is 0 Å². The molecule has 0 aliphatic carbocycles. The summed E-state index contributed by atoms with van der Waals surface area (Å²) in [6.45, 7) is 2.11. The summed E-state index contributed by atoms with van der Waals surface area (Å²) < 4.78 is 0. The third kappa shape index (κ3) is 3.42. The second kappa shape index (κ2) is 5.99. The van der Waals surface area contributed by atoms with Gasteiger partial charge in [-0.05, 0) is 61.0 Å². The van der Waals surface area contributed by atoms with Crippen LogP contribution in [0.1, 0.15) is 11.1 Å². The Bertz CT molecular complexity index is 736. The maximum Gasteiger partial charge on any atom is 0.0966 e. The van der Waals surface area contributed by atoms with Crippen molar-refractivity contribution in [1.82, 2.24) is 0 Å². The van der Waals surface area contributed by atoms with Gasteiger partial charge in [0.15, 0.2) is 0 Å². The number of aryl methyl sites for hydroxylation is 1. The molecule has 1 heterocycles. The molecule has 21 heavy (non-hydrogen) atoms. The third-order valence-corrected chi connectivity index (χ3v) is 4.29. The smallest absolute Gasteiger partial charge is 0.0966 e. The Morgan fingerprint density at radius 3 is 2.81 bits per heavy atom. The molecule has 0 radical (unpaired) electrons. The highest BCUT2D eigenvalue weighted by molar-refractivity contribution is 8.00. The highest BCUT2D eigenvalue weighted by atomic mass is 32.2. The summed E-state index contributed by atoms with van der Waals surface area (Å²) in [6, 6.07) is 14.0. The minimum absolute atomic E-state index is 0.252. The summed E-state index contributed by atoms with van der Waals surface area (Å²) in [4.78, 5) is 1.30. The number of thioether (sulfide) groups is 1. The lowest BCUT2D eigenvalue weighted by atomic mass is 10.2. The van der Waals surface area contributed by atoms with Crippen molar-refractivity contribution < 1.29 is 0 Å². The van der Waals surface area contributed by atoms with Crippen LogP contribution < -0.4 is 11.1 Å². The van der Waals surface area contributed by atoms with Gasteiger partial charge in [0.05, 0.1) is 5.37 Å². The molecule has 0 saturated carbocycles. The van der Waals surface area contributed by atoms with E-state index in [2.05, 4.69) is 48.4 Å². The number of rotatable bonds is 1. The molecule has 1 atom stereocenters. The molecular formula is C18H16N2S. The standard InChI is InChI=1S/C18H16N2S/c1-13-6-11-16-17(12-13)21-18(20-16)5-3-2-4-14-7-9-15(19)10-8-14/h3,5-12,18,20H,19H2,1H3/b5-3+. The van der Waals surface area contributed by atoms with Crippen molar-refractivity contribution in [2.45, 2.75) is 17.2 Å². The Hall–Kier alpha value is -2.31. The second-order valence-electron chi connectivity index (χ2n) is 4.93. The van der Waals surface area contributed by atoms with E-state index in [0.29, 0.717) is 0 Å². The Morgan fingerprint density at radius 1 is 1.19 bits per heavy atom. The molecule has 3 heteroatoms. The molecule has 2 aromatic rings. The molecule has 104 valence electrons. The summed E-state index contributed by atoms with van der Waals surface area (Å²) in [7, 11) is 0. The van der Waals surface area contributed by atoms with Crippen molar-refractivity contribution >= 4 is 23.1 Å². The maximum atomic E-state index is 5.64. The summed E-state index contributed by atoms with van der Waals surface area (Å²) in [6.07, 6.45) is 3.99. The minimum atomic E-state index is 0.252. The average molecular weight is 292 g/mol. The van der Waals surface area contributed by atoms with Crippen molar-refractivity contribution in [2.24, 2.45) is 0 Å². The molecule has 0 bridgehead atoms. The third-order valence-electron chi connectivity index (χ3n) is 3.17. The van der Waals surface area contributed by atoms with Crippen LogP contribution in [0.25, 0.3) is 0 Å². The van der Waals surface area contributed by atoms with Crippen LogP contribution in [0.15, 0.2) is 59.5 Å². The minimum Gasteiger partial charge on any atom is -0.399 e. The normalized spacial score (nSPS) is 16.1. The second-order valence-corrected chi connectivity index (χ2v) is 6.12. The first-order chi connectivity index (χ1) is 10.2. The van der Waals surface area contributed by atoms with Crippen LogP contribution in [0, 0.1) is 18.8 Å². The fourth-order valence-corrected chi connectivity index (χ4v) is 3.20. The molecule has 0 amide bonds. The van der Waals surface area contributed by atoms with Gasteiger partial charge in [-0.15, -0.1) is 0 Å². The van der Waals surface area contributed by atoms with Crippen LogP contribution in [0.5, 0.6) is 0 Å². The van der Waals surface area contributed by atoms with Crippen LogP contribution in [0.2, 0.25) is 0 Å². The molecule has 0 fully saturated rings. The van der Waals surface area contributed by atoms with Crippen molar-refractivity contribution in [1.29, 1.82) is 0 Å². The van der Waals surface area contributed by atoms with Gasteiger partial charge >= 0.3 is 0 Å². The predicted molar refractivity (Wildman–Crippen MR) is 91.3 cm³/mol. The van der Waals surface area contributed by atoms with E-state index in [1.165, 1.54) is 16.1 Å². The van der Waals surface area contributed by atoms with Gasteiger partial charge in [0.1, 0.15) is 0 Å². The first-order valence-corrected chi connectivity index (χ1v) is 7.66. The van der Waals surface area contributed by atoms with Crippen LogP contribution in [-0.4, -0.2) is 5.37 Å². The van der Waals surface area contributed by atoms with E-state index < -0.39 is 0 Å². The summed E-state index contributed by atoms with van der Waals surface area (Å²) >= 11 is 1.82. The quantitative estimate of drug-likeness (QED) is 0.615. The topological polar surface area (TPSA) is 38.0 Å². The fourth-order valence-electron chi connectivity index (χ4n) is 2.08. The number of nitrogen functional groups attached to an aromatic ring is 1. The highest BCUT2D eigenvalue weighted by Gasteiger charge is 2.18. The number of hydrogen-bond donors (Lipinski definition) is 2. The number of benzene rings is 2.